The second kappa shape index (κ2) is 7.70. The van der Waals surface area contributed by atoms with Crippen LogP contribution in [0.15, 0.2) is 0 Å². The summed E-state index contributed by atoms with van der Waals surface area (Å²) in [6, 6.07) is 0. The Balaban J connectivity index is 0.00000196. The fourth-order valence-electron chi connectivity index (χ4n) is 2.10. The zero-order chi connectivity index (χ0) is 10.4. The van der Waals surface area contributed by atoms with Gasteiger partial charge in [0.15, 0.2) is 0 Å². The summed E-state index contributed by atoms with van der Waals surface area (Å²) in [6.45, 7) is 2.21. The van der Waals surface area contributed by atoms with E-state index >= 15 is 0 Å². The Morgan fingerprint density at radius 2 is 1.80 bits per heavy atom. The van der Waals surface area contributed by atoms with Crippen LogP contribution in [0.5, 0.6) is 0 Å². The third kappa shape index (κ3) is 6.60. The summed E-state index contributed by atoms with van der Waals surface area (Å²) in [5.41, 5.74) is 0.158. The van der Waals surface area contributed by atoms with Crippen LogP contribution in [0, 0.1) is 5.41 Å². The number of aliphatic carboxylic acids is 1. The van der Waals surface area contributed by atoms with E-state index in [4.69, 9.17) is 0 Å². The van der Waals surface area contributed by atoms with Crippen LogP contribution in [0.2, 0.25) is 0 Å². The fourth-order valence-corrected chi connectivity index (χ4v) is 2.10. The van der Waals surface area contributed by atoms with Crippen LogP contribution in [-0.4, -0.2) is 5.97 Å². The summed E-state index contributed by atoms with van der Waals surface area (Å²) < 4.78 is 0. The minimum absolute atomic E-state index is 0. The standard InChI is InChI=1S/C12H22O2.Na/c1-2-3-4-5-6-7-12(8-9-12)10-11(13)14;/h2-10H2,1H3,(H,13,14);/q;+1/p-1. The molecule has 0 aromatic heterocycles. The van der Waals surface area contributed by atoms with Crippen LogP contribution in [0.4, 0.5) is 0 Å². The molecule has 1 aliphatic carbocycles. The Morgan fingerprint density at radius 3 is 2.27 bits per heavy atom. The summed E-state index contributed by atoms with van der Waals surface area (Å²) >= 11 is 0. The first-order chi connectivity index (χ1) is 6.68. The SMILES string of the molecule is CCCCCCCC1(CC(=O)[O-])CC1.[Na+]. The molecular weight excluding hydrogens is 199 g/mol. The maximum absolute atomic E-state index is 10.5. The second-order valence-electron chi connectivity index (χ2n) is 4.71. The van der Waals surface area contributed by atoms with Gasteiger partial charge in [0.1, 0.15) is 0 Å². The number of carboxylic acids is 1. The van der Waals surface area contributed by atoms with Crippen molar-refractivity contribution in [1.29, 1.82) is 0 Å². The van der Waals surface area contributed by atoms with Gasteiger partial charge in [-0.1, -0.05) is 39.0 Å². The molecule has 82 valence electrons. The molecule has 0 aromatic rings. The monoisotopic (exact) mass is 220 g/mol. The Hall–Kier alpha value is 0.470. The van der Waals surface area contributed by atoms with Crippen molar-refractivity contribution in [3.63, 3.8) is 0 Å². The molecular formula is C12H21NaO2. The van der Waals surface area contributed by atoms with Crippen LogP contribution in [-0.2, 0) is 4.79 Å². The Labute approximate surface area is 115 Å². The summed E-state index contributed by atoms with van der Waals surface area (Å²) in [5, 5.41) is 10.5. The van der Waals surface area contributed by atoms with Gasteiger partial charge in [0.25, 0.3) is 0 Å². The minimum atomic E-state index is -0.865. The molecule has 0 aromatic carbocycles. The van der Waals surface area contributed by atoms with E-state index in [2.05, 4.69) is 6.92 Å². The van der Waals surface area contributed by atoms with Crippen molar-refractivity contribution in [2.45, 2.75) is 64.7 Å². The number of hydrogen-bond donors (Lipinski definition) is 0. The predicted octanol–water partition coefficient (Wildman–Crippen LogP) is -0.729. The molecule has 0 unspecified atom stereocenters. The molecule has 0 N–H and O–H groups in total. The van der Waals surface area contributed by atoms with Gasteiger partial charge in [0.2, 0.25) is 0 Å². The summed E-state index contributed by atoms with van der Waals surface area (Å²) in [5.74, 6) is -0.865. The van der Waals surface area contributed by atoms with E-state index in [0.29, 0.717) is 6.42 Å². The van der Waals surface area contributed by atoms with E-state index in [9.17, 15) is 9.90 Å². The van der Waals surface area contributed by atoms with Crippen LogP contribution in [0.1, 0.15) is 64.7 Å². The molecule has 3 heteroatoms. The number of carbonyl (C=O) groups excluding carboxylic acids is 1. The smallest absolute Gasteiger partial charge is 0.550 e. The molecule has 0 saturated heterocycles. The van der Waals surface area contributed by atoms with Gasteiger partial charge in [-0.15, -0.1) is 0 Å². The molecule has 0 bridgehead atoms. The molecule has 1 aliphatic rings. The topological polar surface area (TPSA) is 40.1 Å². The quantitative estimate of drug-likeness (QED) is 0.400. The van der Waals surface area contributed by atoms with Gasteiger partial charge in [-0.3, -0.25) is 0 Å². The Morgan fingerprint density at radius 1 is 1.20 bits per heavy atom. The third-order valence-corrected chi connectivity index (χ3v) is 3.29. The summed E-state index contributed by atoms with van der Waals surface area (Å²) in [6.07, 6.45) is 9.96. The maximum Gasteiger partial charge on any atom is 1.00 e. The van der Waals surface area contributed by atoms with Crippen molar-refractivity contribution in [3.8, 4) is 0 Å². The second-order valence-corrected chi connectivity index (χ2v) is 4.71. The molecule has 1 rings (SSSR count). The molecule has 1 saturated carbocycles. The number of carbonyl (C=O) groups is 1. The number of rotatable bonds is 8. The summed E-state index contributed by atoms with van der Waals surface area (Å²) in [4.78, 5) is 10.5. The molecule has 15 heavy (non-hydrogen) atoms. The average Bonchev–Trinajstić information content (AvgIpc) is 2.84. The first kappa shape index (κ1) is 15.5. The first-order valence-corrected chi connectivity index (χ1v) is 5.88. The van der Waals surface area contributed by atoms with E-state index in [1.807, 2.05) is 0 Å². The van der Waals surface area contributed by atoms with Crippen molar-refractivity contribution in [2.75, 3.05) is 0 Å². The minimum Gasteiger partial charge on any atom is -0.550 e. The van der Waals surface area contributed by atoms with E-state index in [0.717, 1.165) is 19.3 Å². The molecule has 0 heterocycles. The molecule has 0 amide bonds. The number of hydrogen-bond acceptors (Lipinski definition) is 2. The largest absolute Gasteiger partial charge is 1.00 e. The molecule has 1 fully saturated rings. The van der Waals surface area contributed by atoms with E-state index in [1.165, 1.54) is 32.1 Å². The van der Waals surface area contributed by atoms with Crippen LogP contribution in [0.3, 0.4) is 0 Å². The van der Waals surface area contributed by atoms with Gasteiger partial charge < -0.3 is 9.90 Å². The Bertz CT molecular complexity index is 188. The third-order valence-electron chi connectivity index (χ3n) is 3.29. The van der Waals surface area contributed by atoms with Crippen LogP contribution in [0.25, 0.3) is 0 Å². The van der Waals surface area contributed by atoms with Crippen molar-refractivity contribution in [3.05, 3.63) is 0 Å². The van der Waals surface area contributed by atoms with Gasteiger partial charge >= 0.3 is 29.6 Å². The Kier molecular flexibility index (Phi) is 7.94. The molecule has 0 spiro atoms. The van der Waals surface area contributed by atoms with E-state index < -0.39 is 5.97 Å². The maximum atomic E-state index is 10.5. The summed E-state index contributed by atoms with van der Waals surface area (Å²) in [7, 11) is 0. The molecule has 0 aliphatic heterocycles. The van der Waals surface area contributed by atoms with Crippen molar-refractivity contribution >= 4 is 5.97 Å². The van der Waals surface area contributed by atoms with Crippen molar-refractivity contribution in [2.24, 2.45) is 5.41 Å². The number of carboxylic acid groups (broad SMARTS) is 1. The van der Waals surface area contributed by atoms with Gasteiger partial charge in [0, 0.05) is 5.97 Å². The van der Waals surface area contributed by atoms with Crippen LogP contribution < -0.4 is 34.7 Å². The predicted molar refractivity (Wildman–Crippen MR) is 54.7 cm³/mol. The fraction of sp³-hybridized carbons (Fsp3) is 0.917. The van der Waals surface area contributed by atoms with Crippen molar-refractivity contribution in [1.82, 2.24) is 0 Å². The van der Waals surface area contributed by atoms with Gasteiger partial charge in [-0.05, 0) is 31.1 Å². The van der Waals surface area contributed by atoms with E-state index in [1.54, 1.807) is 0 Å². The average molecular weight is 220 g/mol. The van der Waals surface area contributed by atoms with Crippen LogP contribution >= 0.6 is 0 Å². The van der Waals surface area contributed by atoms with E-state index in [-0.39, 0.29) is 35.0 Å². The zero-order valence-electron chi connectivity index (χ0n) is 10.2. The van der Waals surface area contributed by atoms with Gasteiger partial charge in [0.05, 0.1) is 0 Å². The molecule has 0 atom stereocenters. The van der Waals surface area contributed by atoms with Gasteiger partial charge in [-0.25, -0.2) is 0 Å². The first-order valence-electron chi connectivity index (χ1n) is 5.88. The van der Waals surface area contributed by atoms with Gasteiger partial charge in [-0.2, -0.15) is 0 Å². The zero-order valence-corrected chi connectivity index (χ0v) is 12.2. The molecule has 0 radical (unpaired) electrons. The van der Waals surface area contributed by atoms with Crippen molar-refractivity contribution < 1.29 is 39.5 Å². The number of unbranched alkanes of at least 4 members (excludes halogenated alkanes) is 4. The normalized spacial score (nSPS) is 16.9. The molecule has 2 nitrogen and oxygen atoms in total.